The maximum absolute atomic E-state index is 12.8. The molecule has 1 aliphatic carbocycles. The molecule has 1 fully saturated rings. The number of hydrogen-bond donors (Lipinski definition) is 2. The highest BCUT2D eigenvalue weighted by Gasteiger charge is 2.49. The predicted octanol–water partition coefficient (Wildman–Crippen LogP) is 5.15. The van der Waals surface area contributed by atoms with E-state index in [0.29, 0.717) is 41.2 Å². The summed E-state index contributed by atoms with van der Waals surface area (Å²) in [5.74, 6) is -0.539. The Kier molecular flexibility index (Phi) is 7.18. The molecule has 4 rings (SSSR count). The second kappa shape index (κ2) is 9.84. The Morgan fingerprint density at radius 1 is 1.11 bits per heavy atom. The number of carbonyl (C=O) groups is 1. The normalized spacial score (nSPS) is 17.8. The molecule has 0 atom stereocenters. The summed E-state index contributed by atoms with van der Waals surface area (Å²) in [6.07, 6.45) is 4.11. The van der Waals surface area contributed by atoms with E-state index in [1.807, 2.05) is 38.1 Å². The predicted molar refractivity (Wildman–Crippen MR) is 139 cm³/mol. The number of benzene rings is 2. The fourth-order valence-electron chi connectivity index (χ4n) is 4.76. The molecule has 1 saturated carbocycles. The third-order valence-corrected chi connectivity index (χ3v) is 8.24. The number of hydrogen-bond acceptors (Lipinski definition) is 6. The second-order valence-electron chi connectivity index (χ2n) is 9.62. The zero-order valence-electron chi connectivity index (χ0n) is 20.2. The van der Waals surface area contributed by atoms with Crippen molar-refractivity contribution in [2.24, 2.45) is 0 Å². The van der Waals surface area contributed by atoms with Crippen molar-refractivity contribution < 1.29 is 23.1 Å². The molecule has 2 aromatic carbocycles. The Labute approximate surface area is 211 Å². The summed E-state index contributed by atoms with van der Waals surface area (Å²) in [6.45, 7) is 2.26. The van der Waals surface area contributed by atoms with Gasteiger partial charge < -0.3 is 14.7 Å². The Hall–Kier alpha value is -2.55. The van der Waals surface area contributed by atoms with Gasteiger partial charge in [-0.1, -0.05) is 30.2 Å². The van der Waals surface area contributed by atoms with E-state index >= 15 is 0 Å². The van der Waals surface area contributed by atoms with Gasteiger partial charge >= 0.3 is 5.97 Å². The number of anilines is 1. The molecule has 2 aromatic rings. The lowest BCUT2D eigenvalue weighted by Crippen LogP contribution is -2.34. The number of aryl methyl sites for hydroxylation is 1. The molecule has 2 aliphatic rings. The van der Waals surface area contributed by atoms with Crippen LogP contribution in [0.3, 0.4) is 0 Å². The van der Waals surface area contributed by atoms with Crippen LogP contribution in [-0.2, 0) is 19.6 Å². The average Bonchev–Trinajstić information content (AvgIpc) is 3.03. The van der Waals surface area contributed by atoms with Crippen LogP contribution in [0.5, 0.6) is 0 Å². The summed E-state index contributed by atoms with van der Waals surface area (Å²) in [4.78, 5) is 14.6. The molecule has 0 bridgehead atoms. The second-order valence-corrected chi connectivity index (χ2v) is 11.9. The molecule has 9 heteroatoms. The van der Waals surface area contributed by atoms with Crippen molar-refractivity contribution in [3.63, 3.8) is 0 Å². The Morgan fingerprint density at radius 2 is 1.83 bits per heavy atom. The quantitative estimate of drug-likeness (QED) is 0.492. The molecule has 0 unspecified atom stereocenters. The zero-order valence-corrected chi connectivity index (χ0v) is 21.8. The Bertz CT molecular complexity index is 1280. The van der Waals surface area contributed by atoms with Crippen LogP contribution in [0.2, 0.25) is 5.02 Å². The molecule has 0 aromatic heterocycles. The monoisotopic (exact) mass is 518 g/mol. The summed E-state index contributed by atoms with van der Waals surface area (Å²) in [7, 11) is 0.139. The fourth-order valence-corrected chi connectivity index (χ4v) is 6.22. The first kappa shape index (κ1) is 25.5. The smallest absolute Gasteiger partial charge is 0.343 e. The van der Waals surface area contributed by atoms with Crippen LogP contribution < -0.4 is 4.72 Å². The van der Waals surface area contributed by atoms with Gasteiger partial charge in [-0.2, -0.15) is 0 Å². The summed E-state index contributed by atoms with van der Waals surface area (Å²) >= 11 is 6.66. The molecule has 188 valence electrons. The van der Waals surface area contributed by atoms with E-state index in [1.165, 1.54) is 0 Å². The average molecular weight is 519 g/mol. The van der Waals surface area contributed by atoms with Crippen LogP contribution in [0.1, 0.15) is 43.2 Å². The van der Waals surface area contributed by atoms with E-state index in [1.54, 1.807) is 24.3 Å². The first-order valence-corrected chi connectivity index (χ1v) is 13.8. The molecule has 0 saturated heterocycles. The molecule has 35 heavy (non-hydrogen) atoms. The minimum absolute atomic E-state index is 0.00300. The van der Waals surface area contributed by atoms with E-state index in [2.05, 4.69) is 4.72 Å². The number of rotatable bonds is 7. The molecule has 1 heterocycles. The van der Waals surface area contributed by atoms with Crippen molar-refractivity contribution >= 4 is 38.9 Å². The first-order valence-electron chi connectivity index (χ1n) is 11.7. The number of esters is 1. The molecule has 7 nitrogen and oxygen atoms in total. The van der Waals surface area contributed by atoms with Gasteiger partial charge in [-0.15, -0.1) is 0 Å². The van der Waals surface area contributed by atoms with Crippen LogP contribution in [0.4, 0.5) is 5.69 Å². The topological polar surface area (TPSA) is 95.9 Å². The number of halogens is 1. The van der Waals surface area contributed by atoms with Crippen LogP contribution in [0, 0.1) is 6.92 Å². The number of nitrogens with one attached hydrogen (secondary N) is 1. The van der Waals surface area contributed by atoms with Gasteiger partial charge in [0.1, 0.15) is 5.57 Å². The third kappa shape index (κ3) is 5.34. The minimum atomic E-state index is -3.50. The van der Waals surface area contributed by atoms with E-state index < -0.39 is 21.6 Å². The van der Waals surface area contributed by atoms with E-state index in [4.69, 9.17) is 16.3 Å². The number of nitrogens with zero attached hydrogens (tertiary/aromatic N) is 1. The lowest BCUT2D eigenvalue weighted by molar-refractivity contribution is -0.149. The Balaban J connectivity index is 1.65. The molecule has 0 amide bonds. The van der Waals surface area contributed by atoms with E-state index in [0.717, 1.165) is 30.4 Å². The van der Waals surface area contributed by atoms with Crippen molar-refractivity contribution in [1.29, 1.82) is 0 Å². The summed E-state index contributed by atoms with van der Waals surface area (Å²) in [6, 6.07) is 10.5. The summed E-state index contributed by atoms with van der Waals surface area (Å²) in [5, 5.41) is 11.4. The number of sulfonamides is 1. The van der Waals surface area contributed by atoms with Crippen molar-refractivity contribution in [3.05, 3.63) is 58.3 Å². The van der Waals surface area contributed by atoms with Crippen LogP contribution >= 0.6 is 11.6 Å². The van der Waals surface area contributed by atoms with Crippen molar-refractivity contribution in [3.8, 4) is 11.1 Å². The minimum Gasteiger partial charge on any atom is -0.507 e. The van der Waals surface area contributed by atoms with E-state index in [-0.39, 0.29) is 17.1 Å². The molecule has 1 aliphatic heterocycles. The van der Waals surface area contributed by atoms with Crippen molar-refractivity contribution in [1.82, 2.24) is 4.90 Å². The van der Waals surface area contributed by atoms with Crippen LogP contribution in [0.15, 0.2) is 42.2 Å². The number of carbonyl (C=O) groups excluding carboxylic acids is 1. The molecule has 0 radical (unpaired) electrons. The molecular formula is C26H31ClN2O5S. The van der Waals surface area contributed by atoms with Gasteiger partial charge in [-0.25, -0.2) is 13.2 Å². The van der Waals surface area contributed by atoms with Crippen LogP contribution in [-0.4, -0.2) is 56.4 Å². The zero-order chi connectivity index (χ0) is 25.4. The molecule has 1 spiro atoms. The SMILES string of the molecule is Cc1cc(-c2cccc(NS(=O)(=O)CCN(C)C)c2)c(Cl)cc1C1=C(O)C2(CCCCC2)OC1=O. The van der Waals surface area contributed by atoms with Crippen molar-refractivity contribution in [2.75, 3.05) is 31.1 Å². The Morgan fingerprint density at radius 3 is 2.51 bits per heavy atom. The van der Waals surface area contributed by atoms with Gasteiger partial charge in [-0.3, -0.25) is 4.72 Å². The lowest BCUT2D eigenvalue weighted by atomic mass is 9.82. The lowest BCUT2D eigenvalue weighted by Gasteiger charge is -2.31. The van der Waals surface area contributed by atoms with Gasteiger partial charge in [0.2, 0.25) is 10.0 Å². The molecular weight excluding hydrogens is 488 g/mol. The van der Waals surface area contributed by atoms with E-state index in [9.17, 15) is 18.3 Å². The van der Waals surface area contributed by atoms with Gasteiger partial charge in [0.05, 0.1) is 5.75 Å². The largest absolute Gasteiger partial charge is 0.507 e. The number of aliphatic hydroxyl groups excluding tert-OH is 1. The maximum Gasteiger partial charge on any atom is 0.343 e. The fraction of sp³-hybridized carbons (Fsp3) is 0.423. The van der Waals surface area contributed by atoms with Crippen molar-refractivity contribution in [2.45, 2.75) is 44.6 Å². The van der Waals surface area contributed by atoms with Gasteiger partial charge in [0.25, 0.3) is 0 Å². The number of aliphatic hydroxyl groups is 1. The highest BCUT2D eigenvalue weighted by Crippen LogP contribution is 2.46. The van der Waals surface area contributed by atoms with Crippen LogP contribution in [0.25, 0.3) is 16.7 Å². The summed E-state index contributed by atoms with van der Waals surface area (Å²) < 4.78 is 33.2. The molecule has 2 N–H and O–H groups in total. The third-order valence-electron chi connectivity index (χ3n) is 6.66. The van der Waals surface area contributed by atoms with Gasteiger partial charge in [0, 0.05) is 22.8 Å². The van der Waals surface area contributed by atoms with Gasteiger partial charge in [0.15, 0.2) is 11.4 Å². The highest BCUT2D eigenvalue weighted by atomic mass is 35.5. The first-order chi connectivity index (χ1) is 16.5. The number of ether oxygens (including phenoxy) is 1. The highest BCUT2D eigenvalue weighted by molar-refractivity contribution is 7.92. The maximum atomic E-state index is 12.8. The van der Waals surface area contributed by atoms with Gasteiger partial charge in [-0.05, 0) is 87.7 Å². The standard InChI is InChI=1S/C26H31ClN2O5S/c1-17-14-21(18-8-7-9-19(15-18)28-35(32,33)13-12-29(2)3)22(27)16-20(17)23-24(30)26(34-25(23)31)10-5-4-6-11-26/h7-9,14-16,28,30H,4-6,10-13H2,1-3H3. The summed E-state index contributed by atoms with van der Waals surface area (Å²) in [5.41, 5.74) is 2.44.